The molecule has 8 nitrogen and oxygen atoms in total. The van der Waals surface area contributed by atoms with E-state index < -0.39 is 11.8 Å². The molecule has 148 valence electrons. The van der Waals surface area contributed by atoms with Gasteiger partial charge in [0.2, 0.25) is 0 Å². The maximum Gasteiger partial charge on any atom is 0.329 e. The molecule has 0 fully saturated rings. The van der Waals surface area contributed by atoms with Gasteiger partial charge in [0.1, 0.15) is 17.2 Å². The van der Waals surface area contributed by atoms with Gasteiger partial charge in [-0.15, -0.1) is 0 Å². The minimum atomic E-state index is -0.876. The largest absolute Gasteiger partial charge is 0.497 e. The number of amides is 2. The number of rotatable bonds is 7. The van der Waals surface area contributed by atoms with Crippen LogP contribution in [0.1, 0.15) is 24.1 Å². The van der Waals surface area contributed by atoms with E-state index >= 15 is 0 Å². The summed E-state index contributed by atoms with van der Waals surface area (Å²) < 4.78 is 15.5. The molecule has 2 rings (SSSR count). The van der Waals surface area contributed by atoms with Crippen LogP contribution in [0, 0.1) is 0 Å². The van der Waals surface area contributed by atoms with Gasteiger partial charge in [0.25, 0.3) is 0 Å². The van der Waals surface area contributed by atoms with Crippen LogP contribution in [0.2, 0.25) is 0 Å². The van der Waals surface area contributed by atoms with Gasteiger partial charge in [-0.05, 0) is 42.8 Å². The molecule has 0 radical (unpaired) electrons. The Balaban J connectivity index is 1.95. The third-order valence-corrected chi connectivity index (χ3v) is 3.98. The fourth-order valence-corrected chi connectivity index (χ4v) is 2.39. The lowest BCUT2D eigenvalue weighted by molar-refractivity contribution is -0.139. The Morgan fingerprint density at radius 3 is 2.18 bits per heavy atom. The molecule has 0 aromatic heterocycles. The molecule has 0 spiro atoms. The van der Waals surface area contributed by atoms with Crippen molar-refractivity contribution < 1.29 is 23.8 Å². The Hall–Kier alpha value is -3.55. The minimum Gasteiger partial charge on any atom is -0.497 e. The number of methoxy groups -OCH3 is 3. The standard InChI is InChI=1S/C20H23N3O5/c1-13(14-5-7-16(26-2)8-6-14)22-19(24)20(25)23-21-12-15-11-17(27-3)9-10-18(15)28-4/h5-13H,1-4H3,(H,22,24)(H,23,25)/b21-12-/t13-/m1/s1. The van der Waals surface area contributed by atoms with Crippen LogP contribution in [0.3, 0.4) is 0 Å². The molecule has 1 atom stereocenters. The Morgan fingerprint density at radius 2 is 1.57 bits per heavy atom. The van der Waals surface area contributed by atoms with E-state index in [1.807, 2.05) is 12.1 Å². The second kappa shape index (κ2) is 9.96. The summed E-state index contributed by atoms with van der Waals surface area (Å²) in [5.41, 5.74) is 3.63. The smallest absolute Gasteiger partial charge is 0.329 e. The first-order valence-electron chi connectivity index (χ1n) is 8.48. The summed E-state index contributed by atoms with van der Waals surface area (Å²) >= 11 is 0. The molecule has 0 aliphatic rings. The molecular formula is C20H23N3O5. The van der Waals surface area contributed by atoms with Gasteiger partial charge in [0.05, 0.1) is 33.6 Å². The molecule has 0 aliphatic heterocycles. The minimum absolute atomic E-state index is 0.355. The lowest BCUT2D eigenvalue weighted by atomic mass is 10.1. The highest BCUT2D eigenvalue weighted by Crippen LogP contribution is 2.22. The number of hydrogen-bond donors (Lipinski definition) is 2. The van der Waals surface area contributed by atoms with Gasteiger partial charge in [0, 0.05) is 5.56 Å². The normalized spacial score (nSPS) is 11.6. The topological polar surface area (TPSA) is 98.2 Å². The fourth-order valence-electron chi connectivity index (χ4n) is 2.39. The van der Waals surface area contributed by atoms with Gasteiger partial charge in [0.15, 0.2) is 0 Å². The molecule has 0 saturated carbocycles. The molecule has 8 heteroatoms. The molecule has 2 aromatic rings. The van der Waals surface area contributed by atoms with Crippen LogP contribution in [-0.4, -0.2) is 39.4 Å². The van der Waals surface area contributed by atoms with E-state index in [0.29, 0.717) is 22.8 Å². The van der Waals surface area contributed by atoms with Gasteiger partial charge in [-0.25, -0.2) is 5.43 Å². The molecule has 0 saturated heterocycles. The molecule has 2 amide bonds. The first kappa shape index (κ1) is 20.8. The summed E-state index contributed by atoms with van der Waals surface area (Å²) in [5.74, 6) is 0.204. The summed E-state index contributed by atoms with van der Waals surface area (Å²) in [5, 5.41) is 6.42. The van der Waals surface area contributed by atoms with E-state index in [-0.39, 0.29) is 6.04 Å². The summed E-state index contributed by atoms with van der Waals surface area (Å²) in [6.07, 6.45) is 1.37. The van der Waals surface area contributed by atoms with Crippen LogP contribution in [0.25, 0.3) is 0 Å². The van der Waals surface area contributed by atoms with Gasteiger partial charge in [-0.1, -0.05) is 12.1 Å². The van der Waals surface area contributed by atoms with Crippen molar-refractivity contribution in [3.05, 3.63) is 53.6 Å². The lowest BCUT2D eigenvalue weighted by Gasteiger charge is -2.14. The predicted octanol–water partition coefficient (Wildman–Crippen LogP) is 2.04. The Bertz CT molecular complexity index is 849. The Kier molecular flexibility index (Phi) is 7.38. The van der Waals surface area contributed by atoms with Crippen molar-refractivity contribution >= 4 is 18.0 Å². The zero-order chi connectivity index (χ0) is 20.5. The van der Waals surface area contributed by atoms with Crippen LogP contribution in [-0.2, 0) is 9.59 Å². The summed E-state index contributed by atoms with van der Waals surface area (Å²) in [4.78, 5) is 24.0. The molecule has 2 N–H and O–H groups in total. The number of nitrogens with zero attached hydrogens (tertiary/aromatic N) is 1. The zero-order valence-corrected chi connectivity index (χ0v) is 16.2. The monoisotopic (exact) mass is 385 g/mol. The summed E-state index contributed by atoms with van der Waals surface area (Å²) in [7, 11) is 4.64. The van der Waals surface area contributed by atoms with Gasteiger partial charge in [-0.3, -0.25) is 9.59 Å². The number of hydrogen-bond acceptors (Lipinski definition) is 6. The van der Waals surface area contributed by atoms with Crippen molar-refractivity contribution in [1.82, 2.24) is 10.7 Å². The first-order valence-corrected chi connectivity index (χ1v) is 8.48. The maximum atomic E-state index is 12.0. The van der Waals surface area contributed by atoms with Gasteiger partial charge >= 0.3 is 11.8 Å². The average Bonchev–Trinajstić information content (AvgIpc) is 2.73. The molecule has 0 heterocycles. The quantitative estimate of drug-likeness (QED) is 0.432. The highest BCUT2D eigenvalue weighted by molar-refractivity contribution is 6.35. The Morgan fingerprint density at radius 1 is 0.929 bits per heavy atom. The van der Waals surface area contributed by atoms with Gasteiger partial charge < -0.3 is 19.5 Å². The van der Waals surface area contributed by atoms with Crippen LogP contribution >= 0.6 is 0 Å². The maximum absolute atomic E-state index is 12.0. The molecule has 0 aliphatic carbocycles. The van der Waals surface area contributed by atoms with Crippen LogP contribution in [0.15, 0.2) is 47.6 Å². The second-order valence-electron chi connectivity index (χ2n) is 5.78. The van der Waals surface area contributed by atoms with Crippen molar-refractivity contribution in [3.63, 3.8) is 0 Å². The van der Waals surface area contributed by atoms with Crippen molar-refractivity contribution in [2.45, 2.75) is 13.0 Å². The molecule has 2 aromatic carbocycles. The lowest BCUT2D eigenvalue weighted by Crippen LogP contribution is -2.39. The van der Waals surface area contributed by atoms with E-state index in [4.69, 9.17) is 14.2 Å². The summed E-state index contributed by atoms with van der Waals surface area (Å²) in [6, 6.07) is 12.0. The van der Waals surface area contributed by atoms with Crippen molar-refractivity contribution in [1.29, 1.82) is 0 Å². The summed E-state index contributed by atoms with van der Waals surface area (Å²) in [6.45, 7) is 1.78. The molecular weight excluding hydrogens is 362 g/mol. The average molecular weight is 385 g/mol. The number of benzene rings is 2. The van der Waals surface area contributed by atoms with E-state index in [1.54, 1.807) is 51.5 Å². The number of hydrazone groups is 1. The van der Waals surface area contributed by atoms with Crippen LogP contribution in [0.4, 0.5) is 0 Å². The van der Waals surface area contributed by atoms with E-state index in [1.165, 1.54) is 13.3 Å². The zero-order valence-electron chi connectivity index (χ0n) is 16.2. The number of ether oxygens (including phenoxy) is 3. The number of nitrogens with one attached hydrogen (secondary N) is 2. The van der Waals surface area contributed by atoms with Crippen molar-refractivity contribution in [2.24, 2.45) is 5.10 Å². The first-order chi connectivity index (χ1) is 13.5. The number of carbonyl (C=O) groups excluding carboxylic acids is 2. The highest BCUT2D eigenvalue weighted by atomic mass is 16.5. The van der Waals surface area contributed by atoms with E-state index in [9.17, 15) is 9.59 Å². The highest BCUT2D eigenvalue weighted by Gasteiger charge is 2.16. The number of carbonyl (C=O) groups is 2. The van der Waals surface area contributed by atoms with Crippen molar-refractivity contribution in [3.8, 4) is 17.2 Å². The third-order valence-electron chi connectivity index (χ3n) is 3.98. The molecule has 0 unspecified atom stereocenters. The molecule has 28 heavy (non-hydrogen) atoms. The predicted molar refractivity (Wildman–Crippen MR) is 105 cm³/mol. The fraction of sp³-hybridized carbons (Fsp3) is 0.250. The second-order valence-corrected chi connectivity index (χ2v) is 5.78. The van der Waals surface area contributed by atoms with Crippen LogP contribution in [0.5, 0.6) is 17.2 Å². The Labute approximate surface area is 163 Å². The van der Waals surface area contributed by atoms with Gasteiger partial charge in [-0.2, -0.15) is 5.10 Å². The molecule has 0 bridgehead atoms. The van der Waals surface area contributed by atoms with E-state index in [0.717, 1.165) is 5.56 Å². The van der Waals surface area contributed by atoms with Crippen LogP contribution < -0.4 is 25.0 Å². The van der Waals surface area contributed by atoms with E-state index in [2.05, 4.69) is 15.8 Å². The van der Waals surface area contributed by atoms with Crippen molar-refractivity contribution in [2.75, 3.05) is 21.3 Å². The SMILES string of the molecule is COc1ccc([C@@H](C)NC(=O)C(=O)N/N=C\c2cc(OC)ccc2OC)cc1. The third kappa shape index (κ3) is 5.47.